The van der Waals surface area contributed by atoms with Gasteiger partial charge in [-0.3, -0.25) is 4.79 Å². The van der Waals surface area contributed by atoms with Crippen molar-refractivity contribution in [3.63, 3.8) is 0 Å². The molecule has 0 aliphatic heterocycles. The number of H-pyrrole nitrogens is 1. The average Bonchev–Trinajstić information content (AvgIpc) is 2.57. The van der Waals surface area contributed by atoms with Crippen LogP contribution in [0.25, 0.3) is 10.9 Å². The molecule has 0 atom stereocenters. The van der Waals surface area contributed by atoms with Gasteiger partial charge in [-0.1, -0.05) is 38.4 Å². The lowest BCUT2D eigenvalue weighted by molar-refractivity contribution is 0.0860. The highest BCUT2D eigenvalue weighted by atomic mass is 35.5. The van der Waals surface area contributed by atoms with E-state index in [0.29, 0.717) is 5.02 Å². The van der Waals surface area contributed by atoms with Gasteiger partial charge in [0, 0.05) is 33.1 Å². The third-order valence-electron chi connectivity index (χ3n) is 2.57. The van der Waals surface area contributed by atoms with Crippen molar-refractivity contribution in [1.82, 2.24) is 4.98 Å². The van der Waals surface area contributed by atoms with Gasteiger partial charge in [-0.05, 0) is 12.1 Å². The molecule has 1 N–H and O–H groups in total. The Bertz CT molecular complexity index is 549. The molecule has 3 heteroatoms. The molecule has 2 rings (SSSR count). The minimum absolute atomic E-state index is 0.140. The predicted octanol–water partition coefficient (Wildman–Crippen LogP) is 4.05. The summed E-state index contributed by atoms with van der Waals surface area (Å²) in [6, 6.07) is 5.51. The molecule has 2 nitrogen and oxygen atoms in total. The van der Waals surface area contributed by atoms with Crippen LogP contribution in [0, 0.1) is 5.41 Å². The van der Waals surface area contributed by atoms with Gasteiger partial charge >= 0.3 is 0 Å². The van der Waals surface area contributed by atoms with E-state index in [1.165, 1.54) is 0 Å². The van der Waals surface area contributed by atoms with Crippen LogP contribution in [0.2, 0.25) is 5.02 Å². The number of Topliss-reactive ketones (excluding diaryl/α,β-unsaturated/α-hetero) is 1. The van der Waals surface area contributed by atoms with E-state index in [-0.39, 0.29) is 11.2 Å². The van der Waals surface area contributed by atoms with E-state index in [4.69, 9.17) is 11.6 Å². The highest BCUT2D eigenvalue weighted by Crippen LogP contribution is 2.27. The van der Waals surface area contributed by atoms with Crippen molar-refractivity contribution in [3.8, 4) is 0 Å². The third-order valence-corrected chi connectivity index (χ3v) is 2.80. The molecule has 0 aliphatic carbocycles. The monoisotopic (exact) mass is 235 g/mol. The zero-order valence-electron chi connectivity index (χ0n) is 9.60. The maximum atomic E-state index is 12.2. The van der Waals surface area contributed by atoms with Crippen LogP contribution >= 0.6 is 11.6 Å². The number of ketones is 1. The zero-order valence-corrected chi connectivity index (χ0v) is 10.4. The fourth-order valence-corrected chi connectivity index (χ4v) is 1.86. The molecule has 16 heavy (non-hydrogen) atoms. The topological polar surface area (TPSA) is 32.9 Å². The SMILES string of the molecule is CC(C)(C)C(=O)c1c[nH]c2cc(Cl)ccc12. The van der Waals surface area contributed by atoms with Gasteiger partial charge < -0.3 is 4.98 Å². The van der Waals surface area contributed by atoms with E-state index in [2.05, 4.69) is 4.98 Å². The summed E-state index contributed by atoms with van der Waals surface area (Å²) in [5.74, 6) is 0.140. The number of carbonyl (C=O) groups excluding carboxylic acids is 1. The first-order valence-electron chi connectivity index (χ1n) is 5.21. The van der Waals surface area contributed by atoms with Gasteiger partial charge in [0.1, 0.15) is 0 Å². The van der Waals surface area contributed by atoms with Crippen LogP contribution in [-0.4, -0.2) is 10.8 Å². The number of aromatic nitrogens is 1. The van der Waals surface area contributed by atoms with E-state index in [1.54, 1.807) is 12.3 Å². The minimum Gasteiger partial charge on any atom is -0.360 e. The lowest BCUT2D eigenvalue weighted by Gasteiger charge is -2.15. The number of halogens is 1. The first-order chi connectivity index (χ1) is 7.39. The van der Waals surface area contributed by atoms with E-state index in [1.807, 2.05) is 32.9 Å². The average molecular weight is 236 g/mol. The largest absolute Gasteiger partial charge is 0.360 e. The molecule has 1 aromatic heterocycles. The van der Waals surface area contributed by atoms with Gasteiger partial charge in [0.05, 0.1) is 0 Å². The number of hydrogen-bond donors (Lipinski definition) is 1. The number of rotatable bonds is 1. The molecule has 0 amide bonds. The second-order valence-corrected chi connectivity index (χ2v) is 5.41. The molecular weight excluding hydrogens is 222 g/mol. The van der Waals surface area contributed by atoms with Crippen LogP contribution in [0.3, 0.4) is 0 Å². The summed E-state index contributed by atoms with van der Waals surface area (Å²) < 4.78 is 0. The quantitative estimate of drug-likeness (QED) is 0.744. The van der Waals surface area contributed by atoms with E-state index in [9.17, 15) is 4.79 Å². The van der Waals surface area contributed by atoms with E-state index < -0.39 is 0 Å². The number of benzene rings is 1. The number of hydrogen-bond acceptors (Lipinski definition) is 1. The first-order valence-corrected chi connectivity index (χ1v) is 5.59. The van der Waals surface area contributed by atoms with Crippen molar-refractivity contribution >= 4 is 28.3 Å². The zero-order chi connectivity index (χ0) is 11.9. The van der Waals surface area contributed by atoms with Crippen molar-refractivity contribution in [3.05, 3.63) is 35.0 Å². The highest BCUT2D eigenvalue weighted by molar-refractivity contribution is 6.31. The van der Waals surface area contributed by atoms with Crippen molar-refractivity contribution in [2.75, 3.05) is 0 Å². The molecule has 2 aromatic rings. The lowest BCUT2D eigenvalue weighted by Crippen LogP contribution is -2.19. The van der Waals surface area contributed by atoms with Crippen molar-refractivity contribution in [2.45, 2.75) is 20.8 Å². The summed E-state index contributed by atoms with van der Waals surface area (Å²) in [6.07, 6.45) is 1.76. The summed E-state index contributed by atoms with van der Waals surface area (Å²) in [5, 5.41) is 1.61. The van der Waals surface area contributed by atoms with Gasteiger partial charge in [0.15, 0.2) is 5.78 Å². The van der Waals surface area contributed by atoms with Crippen molar-refractivity contribution < 1.29 is 4.79 Å². The highest BCUT2D eigenvalue weighted by Gasteiger charge is 2.25. The number of carbonyl (C=O) groups is 1. The van der Waals surface area contributed by atoms with E-state index in [0.717, 1.165) is 16.5 Å². The van der Waals surface area contributed by atoms with Crippen molar-refractivity contribution in [1.29, 1.82) is 0 Å². The Morgan fingerprint density at radius 1 is 1.31 bits per heavy atom. The molecule has 0 fully saturated rings. The predicted molar refractivity (Wildman–Crippen MR) is 67.1 cm³/mol. The molecule has 1 aromatic carbocycles. The van der Waals surface area contributed by atoms with Crippen LogP contribution in [0.15, 0.2) is 24.4 Å². The fraction of sp³-hybridized carbons (Fsp3) is 0.308. The summed E-state index contributed by atoms with van der Waals surface area (Å²) in [5.41, 5.74) is 1.27. The molecule has 0 saturated carbocycles. The Balaban J connectivity index is 2.59. The van der Waals surface area contributed by atoms with Crippen LogP contribution in [0.1, 0.15) is 31.1 Å². The van der Waals surface area contributed by atoms with Gasteiger partial charge in [-0.2, -0.15) is 0 Å². The molecule has 0 saturated heterocycles. The fourth-order valence-electron chi connectivity index (χ4n) is 1.69. The van der Waals surface area contributed by atoms with Gasteiger partial charge in [-0.25, -0.2) is 0 Å². The maximum Gasteiger partial charge on any atom is 0.170 e. The van der Waals surface area contributed by atoms with Gasteiger partial charge in [-0.15, -0.1) is 0 Å². The molecule has 1 heterocycles. The Morgan fingerprint density at radius 2 is 2.00 bits per heavy atom. The van der Waals surface area contributed by atoms with E-state index >= 15 is 0 Å². The third kappa shape index (κ3) is 1.85. The normalized spacial score (nSPS) is 12.0. The number of fused-ring (bicyclic) bond motifs is 1. The Labute approximate surface area is 99.6 Å². The summed E-state index contributed by atoms with van der Waals surface area (Å²) >= 11 is 5.89. The van der Waals surface area contributed by atoms with Crippen LogP contribution in [0.4, 0.5) is 0 Å². The van der Waals surface area contributed by atoms with Crippen LogP contribution < -0.4 is 0 Å². The second kappa shape index (κ2) is 3.63. The van der Waals surface area contributed by atoms with Gasteiger partial charge in [0.25, 0.3) is 0 Å². The van der Waals surface area contributed by atoms with Crippen LogP contribution in [-0.2, 0) is 0 Å². The smallest absolute Gasteiger partial charge is 0.170 e. The molecule has 0 radical (unpaired) electrons. The summed E-state index contributed by atoms with van der Waals surface area (Å²) in [6.45, 7) is 5.76. The van der Waals surface area contributed by atoms with Crippen LogP contribution in [0.5, 0.6) is 0 Å². The Morgan fingerprint density at radius 3 is 2.62 bits per heavy atom. The van der Waals surface area contributed by atoms with Gasteiger partial charge in [0.2, 0.25) is 0 Å². The second-order valence-electron chi connectivity index (χ2n) is 4.97. The molecule has 0 spiro atoms. The summed E-state index contributed by atoms with van der Waals surface area (Å²) in [7, 11) is 0. The molecule has 0 unspecified atom stereocenters. The molecule has 0 aliphatic rings. The standard InChI is InChI=1S/C13H14ClNO/c1-13(2,3)12(16)10-7-15-11-6-8(14)4-5-9(10)11/h4-7,15H,1-3H3. The first kappa shape index (κ1) is 11.2. The number of nitrogens with one attached hydrogen (secondary N) is 1. The maximum absolute atomic E-state index is 12.2. The summed E-state index contributed by atoms with van der Waals surface area (Å²) in [4.78, 5) is 15.2. The Hall–Kier alpha value is -1.28. The molecular formula is C13H14ClNO. The number of aromatic amines is 1. The van der Waals surface area contributed by atoms with Crippen molar-refractivity contribution in [2.24, 2.45) is 5.41 Å². The minimum atomic E-state index is -0.366. The molecule has 0 bridgehead atoms. The lowest BCUT2D eigenvalue weighted by atomic mass is 9.86. The molecule has 84 valence electrons. The Kier molecular flexibility index (Phi) is 2.55.